The van der Waals surface area contributed by atoms with Crippen molar-refractivity contribution in [2.45, 2.75) is 46.3 Å². The molecule has 0 aliphatic heterocycles. The minimum Gasteiger partial charge on any atom is -0.444 e. The molecule has 5 heteroatoms. The van der Waals surface area contributed by atoms with Crippen LogP contribution in [0.4, 0.5) is 4.79 Å². The molecule has 0 atom stereocenters. The number of benzene rings is 4. The van der Waals surface area contributed by atoms with E-state index in [0.717, 1.165) is 17.7 Å². The lowest BCUT2D eigenvalue weighted by Gasteiger charge is -2.33. The van der Waals surface area contributed by atoms with Gasteiger partial charge < -0.3 is 10.1 Å². The van der Waals surface area contributed by atoms with Crippen molar-refractivity contribution in [2.75, 3.05) is 5.75 Å². The van der Waals surface area contributed by atoms with Crippen molar-refractivity contribution in [3.63, 3.8) is 0 Å². The predicted molar refractivity (Wildman–Crippen MR) is 164 cm³/mol. The number of hydrogen-bond donors (Lipinski definition) is 1. The molecule has 4 aromatic rings. The summed E-state index contributed by atoms with van der Waals surface area (Å²) in [6.45, 7) is 8.22. The molecule has 4 aromatic carbocycles. The molecule has 0 fully saturated rings. The molecule has 0 bridgehead atoms. The third-order valence-corrected chi connectivity index (χ3v) is 14.8. The third-order valence-electron chi connectivity index (χ3n) is 6.47. The molecular formula is C33H37NO2SSi. The summed E-state index contributed by atoms with van der Waals surface area (Å²) in [5, 5.41) is 7.12. The fraction of sp³-hybridized carbons (Fsp3) is 0.242. The van der Waals surface area contributed by atoms with E-state index >= 15 is 0 Å². The molecule has 196 valence electrons. The summed E-state index contributed by atoms with van der Waals surface area (Å²) in [5.41, 5.74) is 3.17. The maximum absolute atomic E-state index is 12.0. The number of alkyl carbamates (subject to hydrolysis) is 1. The Kier molecular flexibility index (Phi) is 9.13. The molecule has 1 amide bonds. The van der Waals surface area contributed by atoms with Crippen molar-refractivity contribution in [3.8, 4) is 0 Å². The summed E-state index contributed by atoms with van der Waals surface area (Å²) < 4.78 is 5.36. The molecule has 0 radical (unpaired) electrons. The van der Waals surface area contributed by atoms with Crippen LogP contribution in [0.3, 0.4) is 0 Å². The van der Waals surface area contributed by atoms with Gasteiger partial charge in [-0.2, -0.15) is 11.2 Å². The van der Waals surface area contributed by atoms with Gasteiger partial charge in [0.15, 0.2) is 0 Å². The Morgan fingerprint density at radius 2 is 1.29 bits per heavy atom. The molecule has 0 heterocycles. The Morgan fingerprint density at radius 1 is 0.789 bits per heavy atom. The molecule has 0 saturated carbocycles. The van der Waals surface area contributed by atoms with E-state index in [4.69, 9.17) is 4.74 Å². The molecule has 0 aliphatic carbocycles. The highest BCUT2D eigenvalue weighted by Crippen LogP contribution is 2.24. The first-order chi connectivity index (χ1) is 18.3. The number of carbonyl (C=O) groups excluding carboxylic acids is 1. The maximum atomic E-state index is 12.0. The van der Waals surface area contributed by atoms with Gasteiger partial charge in [-0.25, -0.2) is 4.79 Å². The van der Waals surface area contributed by atoms with E-state index in [2.05, 4.69) is 133 Å². The largest absolute Gasteiger partial charge is 0.444 e. The normalized spacial score (nSPS) is 11.7. The highest BCUT2D eigenvalue weighted by molar-refractivity contribution is 8.33. The van der Waals surface area contributed by atoms with Crippen molar-refractivity contribution >= 4 is 40.1 Å². The highest BCUT2D eigenvalue weighted by atomic mass is 32.4. The third kappa shape index (κ3) is 6.97. The molecular weight excluding hydrogens is 503 g/mol. The van der Waals surface area contributed by atoms with E-state index in [1.54, 1.807) is 0 Å². The van der Waals surface area contributed by atoms with Crippen molar-refractivity contribution in [1.29, 1.82) is 0 Å². The smallest absolute Gasteiger partial charge is 0.407 e. The van der Waals surface area contributed by atoms with Gasteiger partial charge in [0.05, 0.1) is 0 Å². The second kappa shape index (κ2) is 12.5. The van der Waals surface area contributed by atoms with Gasteiger partial charge in [-0.15, -0.1) is 0 Å². The van der Waals surface area contributed by atoms with Crippen LogP contribution in [0.25, 0.3) is 0 Å². The molecule has 0 aromatic heterocycles. The van der Waals surface area contributed by atoms with Gasteiger partial charge in [0.1, 0.15) is 5.60 Å². The standard InChI is InChI=1S/C33H37NO2SSi/c1-26-24-27(25-34-32(35)36-33(2,3)4)20-21-28(26)22-23-37-38(29-14-8-5-9-15-29,30-16-10-6-11-17-30)31-18-12-7-13-19-31/h5-21,24H,22-23,25H2,1-4H3,(H,34,35). The van der Waals surface area contributed by atoms with Crippen LogP contribution >= 0.6 is 11.2 Å². The summed E-state index contributed by atoms with van der Waals surface area (Å²) in [6.07, 6.45) is 0.594. The monoisotopic (exact) mass is 539 g/mol. The predicted octanol–water partition coefficient (Wildman–Crippen LogP) is 5.96. The average molecular weight is 540 g/mol. The summed E-state index contributed by atoms with van der Waals surface area (Å²) in [6, 6.07) is 39.6. The van der Waals surface area contributed by atoms with Crippen LogP contribution in [-0.2, 0) is 17.7 Å². The quantitative estimate of drug-likeness (QED) is 0.211. The molecule has 0 saturated heterocycles. The van der Waals surface area contributed by atoms with Gasteiger partial charge in [0.25, 0.3) is 0 Å². The number of nitrogens with one attached hydrogen (secondary N) is 1. The molecule has 4 rings (SSSR count). The fourth-order valence-corrected chi connectivity index (χ4v) is 12.8. The number of rotatable bonds is 9. The molecule has 0 aliphatic rings. The summed E-state index contributed by atoms with van der Waals surface area (Å²) in [4.78, 5) is 12.0. The number of aryl methyl sites for hydroxylation is 2. The molecule has 1 N–H and O–H groups in total. The van der Waals surface area contributed by atoms with Crippen molar-refractivity contribution in [2.24, 2.45) is 0 Å². The van der Waals surface area contributed by atoms with Crippen molar-refractivity contribution in [1.82, 2.24) is 5.32 Å². The maximum Gasteiger partial charge on any atom is 0.407 e. The number of amides is 1. The lowest BCUT2D eigenvalue weighted by molar-refractivity contribution is 0.0523. The molecule has 0 unspecified atom stereocenters. The lowest BCUT2D eigenvalue weighted by atomic mass is 10.0. The molecule has 38 heavy (non-hydrogen) atoms. The van der Waals surface area contributed by atoms with E-state index in [1.165, 1.54) is 26.7 Å². The Bertz CT molecular complexity index is 1230. The summed E-state index contributed by atoms with van der Waals surface area (Å²) >= 11 is 2.12. The Morgan fingerprint density at radius 3 is 1.74 bits per heavy atom. The Labute approximate surface area is 232 Å². The number of carbonyl (C=O) groups is 1. The zero-order chi connectivity index (χ0) is 27.0. The summed E-state index contributed by atoms with van der Waals surface area (Å²) in [5.74, 6) is 1.02. The SMILES string of the molecule is Cc1cc(CNC(=O)OC(C)(C)C)ccc1CCS[Si](c1ccccc1)(c1ccccc1)c1ccccc1. The zero-order valence-electron chi connectivity index (χ0n) is 22.7. The Hall–Kier alpha value is -3.28. The fourth-order valence-electron chi connectivity index (χ4n) is 4.72. The first-order valence-electron chi connectivity index (χ1n) is 13.1. The van der Waals surface area contributed by atoms with Crippen LogP contribution in [0.2, 0.25) is 0 Å². The zero-order valence-corrected chi connectivity index (χ0v) is 24.6. The van der Waals surface area contributed by atoms with Crippen LogP contribution in [0.15, 0.2) is 109 Å². The van der Waals surface area contributed by atoms with E-state index < -0.39 is 12.8 Å². The van der Waals surface area contributed by atoms with E-state index in [9.17, 15) is 4.79 Å². The van der Waals surface area contributed by atoms with Crippen LogP contribution in [0, 0.1) is 6.92 Å². The minimum atomic E-state index is -2.30. The van der Waals surface area contributed by atoms with E-state index in [1.807, 2.05) is 20.8 Å². The lowest BCUT2D eigenvalue weighted by Crippen LogP contribution is -2.65. The van der Waals surface area contributed by atoms with Crippen molar-refractivity contribution in [3.05, 3.63) is 126 Å². The minimum absolute atomic E-state index is 0.389. The molecule has 3 nitrogen and oxygen atoms in total. The van der Waals surface area contributed by atoms with Gasteiger partial charge in [0.2, 0.25) is 7.22 Å². The van der Waals surface area contributed by atoms with Crippen LogP contribution in [0.5, 0.6) is 0 Å². The van der Waals surface area contributed by atoms with E-state index in [-0.39, 0.29) is 6.09 Å². The van der Waals surface area contributed by atoms with Crippen LogP contribution < -0.4 is 20.9 Å². The van der Waals surface area contributed by atoms with Crippen LogP contribution in [0.1, 0.15) is 37.5 Å². The number of ether oxygens (including phenoxy) is 1. The van der Waals surface area contributed by atoms with Gasteiger partial charge in [0, 0.05) is 6.54 Å². The average Bonchev–Trinajstić information content (AvgIpc) is 2.91. The van der Waals surface area contributed by atoms with Gasteiger partial charge in [-0.1, -0.05) is 109 Å². The number of hydrogen-bond acceptors (Lipinski definition) is 3. The van der Waals surface area contributed by atoms with Gasteiger partial charge in [-0.3, -0.25) is 0 Å². The summed E-state index contributed by atoms with van der Waals surface area (Å²) in [7, 11) is -2.30. The van der Waals surface area contributed by atoms with Gasteiger partial charge in [-0.05, 0) is 72.1 Å². The second-order valence-electron chi connectivity index (χ2n) is 10.5. The van der Waals surface area contributed by atoms with Crippen LogP contribution in [-0.4, -0.2) is 24.7 Å². The first-order valence-corrected chi connectivity index (χ1v) is 16.8. The van der Waals surface area contributed by atoms with Crippen molar-refractivity contribution < 1.29 is 9.53 Å². The molecule has 0 spiro atoms. The highest BCUT2D eigenvalue weighted by Gasteiger charge is 2.40. The van der Waals surface area contributed by atoms with E-state index in [0.29, 0.717) is 6.54 Å². The first kappa shape index (κ1) is 27.7. The second-order valence-corrected chi connectivity index (χ2v) is 17.0. The van der Waals surface area contributed by atoms with Gasteiger partial charge >= 0.3 is 6.09 Å². The topological polar surface area (TPSA) is 38.3 Å². The Balaban J connectivity index is 1.54.